The molecule has 0 fully saturated rings. The van der Waals surface area contributed by atoms with Crippen LogP contribution in [0.1, 0.15) is 0 Å². The van der Waals surface area contributed by atoms with Crippen LogP contribution >= 0.6 is 11.6 Å². The van der Waals surface area contributed by atoms with E-state index in [0.29, 0.717) is 16.5 Å². The molecule has 120 valence electrons. The molecule has 2 aromatic heterocycles. The lowest BCUT2D eigenvalue weighted by molar-refractivity contribution is -0.383. The zero-order chi connectivity index (χ0) is 16.9. The van der Waals surface area contributed by atoms with Crippen LogP contribution in [0.15, 0.2) is 55.0 Å². The van der Waals surface area contributed by atoms with Crippen molar-refractivity contribution >= 4 is 40.4 Å². The van der Waals surface area contributed by atoms with Gasteiger partial charge in [-0.25, -0.2) is 15.0 Å². The fourth-order valence-corrected chi connectivity index (χ4v) is 2.08. The molecule has 24 heavy (non-hydrogen) atoms. The molecular weight excluding hydrogens is 332 g/mol. The summed E-state index contributed by atoms with van der Waals surface area (Å²) in [6.45, 7) is 0. The molecular formula is C15H11ClN6O2. The molecule has 0 unspecified atom stereocenters. The van der Waals surface area contributed by atoms with Crippen LogP contribution in [0, 0.1) is 10.1 Å². The number of benzene rings is 1. The van der Waals surface area contributed by atoms with E-state index >= 15 is 0 Å². The summed E-state index contributed by atoms with van der Waals surface area (Å²) in [4.78, 5) is 22.9. The smallest absolute Gasteiger partial charge is 0.334 e. The number of hydrogen-bond donors (Lipinski definition) is 2. The molecule has 1 aromatic carbocycles. The Morgan fingerprint density at radius 1 is 0.958 bits per heavy atom. The summed E-state index contributed by atoms with van der Waals surface area (Å²) in [7, 11) is 0. The monoisotopic (exact) mass is 342 g/mol. The van der Waals surface area contributed by atoms with Crippen molar-refractivity contribution in [1.82, 2.24) is 15.0 Å². The molecule has 3 aromatic rings. The van der Waals surface area contributed by atoms with Crippen molar-refractivity contribution in [3.63, 3.8) is 0 Å². The minimum atomic E-state index is -0.552. The first-order valence-corrected chi connectivity index (χ1v) is 7.21. The van der Waals surface area contributed by atoms with Gasteiger partial charge in [0.25, 0.3) is 0 Å². The van der Waals surface area contributed by atoms with E-state index in [2.05, 4.69) is 25.6 Å². The number of nitro groups is 1. The number of pyridine rings is 1. The van der Waals surface area contributed by atoms with Crippen molar-refractivity contribution in [1.29, 1.82) is 0 Å². The van der Waals surface area contributed by atoms with Crippen molar-refractivity contribution in [2.45, 2.75) is 0 Å². The van der Waals surface area contributed by atoms with Crippen molar-refractivity contribution < 1.29 is 4.92 Å². The van der Waals surface area contributed by atoms with Gasteiger partial charge in [-0.05, 0) is 24.3 Å². The van der Waals surface area contributed by atoms with Gasteiger partial charge in [-0.3, -0.25) is 10.1 Å². The van der Waals surface area contributed by atoms with E-state index in [0.717, 1.165) is 0 Å². The van der Waals surface area contributed by atoms with Crippen LogP contribution in [0.3, 0.4) is 0 Å². The standard InChI is InChI=1S/C15H11ClN6O2/c16-10-6-7-12(17-8-10)21-15-13(22(23)24)14(18-9-19-15)20-11-4-2-1-3-5-11/h1-9H,(H2,17,18,19,20,21). The average molecular weight is 343 g/mol. The number of anilines is 4. The Bertz CT molecular complexity index is 858. The lowest BCUT2D eigenvalue weighted by Gasteiger charge is -2.09. The molecule has 0 radical (unpaired) electrons. The minimum absolute atomic E-state index is 0.0308. The van der Waals surface area contributed by atoms with Crippen LogP contribution in [0.4, 0.5) is 28.8 Å². The zero-order valence-corrected chi connectivity index (χ0v) is 12.9. The van der Waals surface area contributed by atoms with Crippen LogP contribution in [0.25, 0.3) is 0 Å². The summed E-state index contributed by atoms with van der Waals surface area (Å²) in [6.07, 6.45) is 2.66. The number of nitrogens with zero attached hydrogens (tertiary/aromatic N) is 4. The normalized spacial score (nSPS) is 10.2. The fraction of sp³-hybridized carbons (Fsp3) is 0. The molecule has 0 amide bonds. The van der Waals surface area contributed by atoms with Crippen LogP contribution in [-0.4, -0.2) is 19.9 Å². The topological polar surface area (TPSA) is 106 Å². The van der Waals surface area contributed by atoms with Gasteiger partial charge in [-0.1, -0.05) is 29.8 Å². The number of rotatable bonds is 5. The van der Waals surface area contributed by atoms with E-state index in [1.807, 2.05) is 18.2 Å². The minimum Gasteiger partial charge on any atom is -0.334 e. The van der Waals surface area contributed by atoms with Crippen LogP contribution in [-0.2, 0) is 0 Å². The summed E-state index contributed by atoms with van der Waals surface area (Å²) < 4.78 is 0. The lowest BCUT2D eigenvalue weighted by Crippen LogP contribution is -2.06. The van der Waals surface area contributed by atoms with Gasteiger partial charge in [-0.2, -0.15) is 0 Å². The molecule has 2 N–H and O–H groups in total. The maximum Gasteiger partial charge on any atom is 0.353 e. The maximum absolute atomic E-state index is 11.5. The second-order valence-electron chi connectivity index (χ2n) is 4.65. The Kier molecular flexibility index (Phi) is 4.48. The first-order chi connectivity index (χ1) is 11.6. The number of aromatic nitrogens is 3. The molecule has 0 saturated heterocycles. The molecule has 0 atom stereocenters. The van der Waals surface area contributed by atoms with Gasteiger partial charge < -0.3 is 10.6 Å². The van der Waals surface area contributed by atoms with Gasteiger partial charge in [-0.15, -0.1) is 0 Å². The average Bonchev–Trinajstić information content (AvgIpc) is 2.58. The summed E-state index contributed by atoms with van der Waals surface area (Å²) in [5, 5.41) is 17.7. The lowest BCUT2D eigenvalue weighted by atomic mass is 10.3. The molecule has 0 aliphatic carbocycles. The van der Waals surface area contributed by atoms with Crippen molar-refractivity contribution in [3.8, 4) is 0 Å². The quantitative estimate of drug-likeness (QED) is 0.534. The third-order valence-electron chi connectivity index (χ3n) is 3.02. The third kappa shape index (κ3) is 3.55. The zero-order valence-electron chi connectivity index (χ0n) is 12.2. The highest BCUT2D eigenvalue weighted by Crippen LogP contribution is 2.32. The van der Waals surface area contributed by atoms with Crippen LogP contribution < -0.4 is 10.6 Å². The predicted molar refractivity (Wildman–Crippen MR) is 90.9 cm³/mol. The van der Waals surface area contributed by atoms with Crippen molar-refractivity contribution in [2.24, 2.45) is 0 Å². The Balaban J connectivity index is 1.96. The highest BCUT2D eigenvalue weighted by atomic mass is 35.5. The number of hydrogen-bond acceptors (Lipinski definition) is 7. The molecule has 0 aliphatic heterocycles. The van der Waals surface area contributed by atoms with Gasteiger partial charge in [0.05, 0.1) is 9.95 Å². The predicted octanol–water partition coefficient (Wildman–Crippen LogP) is 3.92. The number of para-hydroxylation sites is 1. The van der Waals surface area contributed by atoms with Gasteiger partial charge in [0.1, 0.15) is 12.1 Å². The van der Waals surface area contributed by atoms with Gasteiger partial charge in [0, 0.05) is 11.9 Å². The van der Waals surface area contributed by atoms with Crippen LogP contribution in [0.2, 0.25) is 5.02 Å². The van der Waals surface area contributed by atoms with Gasteiger partial charge >= 0.3 is 5.69 Å². The molecule has 3 rings (SSSR count). The van der Waals surface area contributed by atoms with Crippen molar-refractivity contribution in [2.75, 3.05) is 10.6 Å². The molecule has 0 saturated carbocycles. The first-order valence-electron chi connectivity index (χ1n) is 6.83. The summed E-state index contributed by atoms with van der Waals surface area (Å²) in [5.41, 5.74) is 0.396. The van der Waals surface area contributed by atoms with E-state index in [1.165, 1.54) is 12.5 Å². The second kappa shape index (κ2) is 6.88. The molecule has 0 bridgehead atoms. The van der Waals surface area contributed by atoms with Gasteiger partial charge in [0.2, 0.25) is 11.6 Å². The molecule has 0 spiro atoms. The fourth-order valence-electron chi connectivity index (χ4n) is 1.96. The number of halogens is 1. The van der Waals surface area contributed by atoms with Crippen molar-refractivity contribution in [3.05, 3.63) is 70.1 Å². The maximum atomic E-state index is 11.5. The highest BCUT2D eigenvalue weighted by Gasteiger charge is 2.23. The van der Waals surface area contributed by atoms with E-state index in [1.54, 1.807) is 24.3 Å². The van der Waals surface area contributed by atoms with E-state index < -0.39 is 4.92 Å². The third-order valence-corrected chi connectivity index (χ3v) is 3.24. The summed E-state index contributed by atoms with van der Waals surface area (Å²) >= 11 is 5.78. The number of nitrogens with one attached hydrogen (secondary N) is 2. The van der Waals surface area contributed by atoms with Gasteiger partial charge in [0.15, 0.2) is 0 Å². The first kappa shape index (κ1) is 15.6. The Morgan fingerprint density at radius 2 is 1.67 bits per heavy atom. The van der Waals surface area contributed by atoms with E-state index in [9.17, 15) is 10.1 Å². The Labute approximate surface area is 141 Å². The summed E-state index contributed by atoms with van der Waals surface area (Å²) in [5.74, 6) is 0.493. The summed E-state index contributed by atoms with van der Waals surface area (Å²) in [6, 6.07) is 12.2. The largest absolute Gasteiger partial charge is 0.353 e. The second-order valence-corrected chi connectivity index (χ2v) is 5.09. The highest BCUT2D eigenvalue weighted by molar-refractivity contribution is 6.30. The van der Waals surface area contributed by atoms with E-state index in [-0.39, 0.29) is 17.3 Å². The SMILES string of the molecule is O=[N+]([O-])c1c(Nc2ccccc2)ncnc1Nc1ccc(Cl)cn1. The van der Waals surface area contributed by atoms with Crippen LogP contribution in [0.5, 0.6) is 0 Å². The molecule has 9 heteroatoms. The molecule has 2 heterocycles. The Morgan fingerprint density at radius 3 is 2.29 bits per heavy atom. The van der Waals surface area contributed by atoms with E-state index in [4.69, 9.17) is 11.6 Å². The molecule has 0 aliphatic rings. The molecule has 8 nitrogen and oxygen atoms in total. The Hall–Kier alpha value is -3.26.